The van der Waals surface area contributed by atoms with Gasteiger partial charge in [0.1, 0.15) is 0 Å². The highest BCUT2D eigenvalue weighted by Gasteiger charge is 2.28. The molecular formula is C11H11N. The SMILES string of the molecule is C1=C2NCCC2c2ccccc21. The predicted molar refractivity (Wildman–Crippen MR) is 49.8 cm³/mol. The molecule has 0 bridgehead atoms. The van der Waals surface area contributed by atoms with Gasteiger partial charge in [-0.2, -0.15) is 0 Å². The zero-order valence-electron chi connectivity index (χ0n) is 6.88. The fraction of sp³-hybridized carbons (Fsp3) is 0.273. The first-order valence-corrected chi connectivity index (χ1v) is 4.49. The largest absolute Gasteiger partial charge is 0.388 e. The van der Waals surface area contributed by atoms with E-state index in [1.165, 1.54) is 23.2 Å². The van der Waals surface area contributed by atoms with Crippen molar-refractivity contribution in [3.05, 3.63) is 41.1 Å². The molecule has 1 aromatic carbocycles. The van der Waals surface area contributed by atoms with Crippen LogP contribution in [-0.2, 0) is 0 Å². The summed E-state index contributed by atoms with van der Waals surface area (Å²) in [6, 6.07) is 8.68. The average molecular weight is 157 g/mol. The minimum absolute atomic E-state index is 0.682. The third-order valence-corrected chi connectivity index (χ3v) is 2.82. The van der Waals surface area contributed by atoms with Crippen LogP contribution in [0.4, 0.5) is 0 Å². The standard InChI is InChI=1S/C11H11N/c1-2-4-9-8(3-1)7-11-10(9)5-6-12-11/h1-4,7,10,12H,5-6H2. The van der Waals surface area contributed by atoms with E-state index in [-0.39, 0.29) is 0 Å². The first kappa shape index (κ1) is 6.30. The lowest BCUT2D eigenvalue weighted by Gasteiger charge is -2.05. The summed E-state index contributed by atoms with van der Waals surface area (Å²) in [6.07, 6.45) is 3.55. The lowest BCUT2D eigenvalue weighted by Crippen LogP contribution is -2.02. The smallest absolute Gasteiger partial charge is 0.0260 e. The highest BCUT2D eigenvalue weighted by Crippen LogP contribution is 2.39. The topological polar surface area (TPSA) is 12.0 Å². The van der Waals surface area contributed by atoms with Gasteiger partial charge in [0.2, 0.25) is 0 Å². The summed E-state index contributed by atoms with van der Waals surface area (Å²) in [6.45, 7) is 1.14. The molecule has 2 aliphatic rings. The molecule has 0 amide bonds. The van der Waals surface area contributed by atoms with Crippen LogP contribution in [0.15, 0.2) is 30.0 Å². The molecule has 1 fully saturated rings. The maximum Gasteiger partial charge on any atom is 0.0260 e. The third kappa shape index (κ3) is 0.685. The Bertz CT molecular complexity index is 352. The van der Waals surface area contributed by atoms with E-state index in [1.54, 1.807) is 0 Å². The Kier molecular flexibility index (Phi) is 1.12. The second kappa shape index (κ2) is 2.13. The molecule has 0 aromatic heterocycles. The summed E-state index contributed by atoms with van der Waals surface area (Å²) in [4.78, 5) is 0. The second-order valence-electron chi connectivity index (χ2n) is 3.50. The monoisotopic (exact) mass is 157 g/mol. The highest BCUT2D eigenvalue weighted by molar-refractivity contribution is 5.66. The first-order chi connectivity index (χ1) is 5.95. The summed E-state index contributed by atoms with van der Waals surface area (Å²) in [5, 5.41) is 3.43. The molecule has 1 heterocycles. The van der Waals surface area contributed by atoms with E-state index in [0.29, 0.717) is 5.92 Å². The lowest BCUT2D eigenvalue weighted by atomic mass is 9.99. The molecule has 1 N–H and O–H groups in total. The van der Waals surface area contributed by atoms with E-state index in [2.05, 4.69) is 35.7 Å². The Morgan fingerprint density at radius 2 is 2.17 bits per heavy atom. The fourth-order valence-corrected chi connectivity index (χ4v) is 2.24. The van der Waals surface area contributed by atoms with E-state index in [0.717, 1.165) is 6.54 Å². The molecule has 1 saturated heterocycles. The molecule has 12 heavy (non-hydrogen) atoms. The van der Waals surface area contributed by atoms with E-state index in [4.69, 9.17) is 0 Å². The maximum absolute atomic E-state index is 3.43. The predicted octanol–water partition coefficient (Wildman–Crippen LogP) is 2.12. The van der Waals surface area contributed by atoms with Crippen molar-refractivity contribution in [1.29, 1.82) is 0 Å². The number of hydrogen-bond donors (Lipinski definition) is 1. The lowest BCUT2D eigenvalue weighted by molar-refractivity contribution is 0.832. The van der Waals surface area contributed by atoms with Crippen LogP contribution in [0.1, 0.15) is 23.5 Å². The third-order valence-electron chi connectivity index (χ3n) is 2.82. The molecule has 0 saturated carbocycles. The van der Waals surface area contributed by atoms with Crippen molar-refractivity contribution in [1.82, 2.24) is 5.32 Å². The highest BCUT2D eigenvalue weighted by atomic mass is 14.9. The number of rotatable bonds is 0. The van der Waals surface area contributed by atoms with Crippen LogP contribution >= 0.6 is 0 Å². The number of allylic oxidation sites excluding steroid dienone is 1. The van der Waals surface area contributed by atoms with Crippen molar-refractivity contribution in [2.75, 3.05) is 6.54 Å². The summed E-state index contributed by atoms with van der Waals surface area (Å²) < 4.78 is 0. The van der Waals surface area contributed by atoms with Crippen LogP contribution in [0.2, 0.25) is 0 Å². The van der Waals surface area contributed by atoms with Crippen LogP contribution in [0.3, 0.4) is 0 Å². The molecule has 1 aliphatic carbocycles. The minimum atomic E-state index is 0.682. The Labute approximate surface area is 72.1 Å². The quantitative estimate of drug-likeness (QED) is 0.608. The van der Waals surface area contributed by atoms with E-state index < -0.39 is 0 Å². The van der Waals surface area contributed by atoms with Gasteiger partial charge in [-0.05, 0) is 23.6 Å². The van der Waals surface area contributed by atoms with Crippen molar-refractivity contribution in [2.45, 2.75) is 12.3 Å². The Morgan fingerprint density at radius 1 is 1.25 bits per heavy atom. The molecule has 1 heteroatoms. The van der Waals surface area contributed by atoms with Crippen molar-refractivity contribution < 1.29 is 0 Å². The minimum Gasteiger partial charge on any atom is -0.388 e. The van der Waals surface area contributed by atoms with E-state index >= 15 is 0 Å². The number of nitrogens with one attached hydrogen (secondary N) is 1. The summed E-state index contributed by atoms with van der Waals surface area (Å²) in [5.41, 5.74) is 4.35. The van der Waals surface area contributed by atoms with Crippen molar-refractivity contribution >= 4 is 6.08 Å². The van der Waals surface area contributed by atoms with Gasteiger partial charge in [-0.1, -0.05) is 24.3 Å². The maximum atomic E-state index is 3.43. The molecular weight excluding hydrogens is 146 g/mol. The molecule has 1 atom stereocenters. The van der Waals surface area contributed by atoms with Gasteiger partial charge in [-0.3, -0.25) is 0 Å². The van der Waals surface area contributed by atoms with Crippen LogP contribution in [0, 0.1) is 0 Å². The zero-order chi connectivity index (χ0) is 7.97. The normalized spacial score (nSPS) is 24.3. The molecule has 1 nitrogen and oxygen atoms in total. The molecule has 1 aromatic rings. The van der Waals surface area contributed by atoms with Gasteiger partial charge in [0.05, 0.1) is 0 Å². The molecule has 60 valence electrons. The van der Waals surface area contributed by atoms with Gasteiger partial charge in [-0.25, -0.2) is 0 Å². The van der Waals surface area contributed by atoms with Gasteiger partial charge in [0.15, 0.2) is 0 Å². The van der Waals surface area contributed by atoms with Crippen LogP contribution in [0.25, 0.3) is 6.08 Å². The molecule has 3 rings (SSSR count). The number of hydrogen-bond acceptors (Lipinski definition) is 1. The van der Waals surface area contributed by atoms with Gasteiger partial charge >= 0.3 is 0 Å². The van der Waals surface area contributed by atoms with Gasteiger partial charge in [-0.15, -0.1) is 0 Å². The summed E-state index contributed by atoms with van der Waals surface area (Å²) in [7, 11) is 0. The van der Waals surface area contributed by atoms with E-state index in [1.807, 2.05) is 0 Å². The Hall–Kier alpha value is -1.24. The van der Waals surface area contributed by atoms with E-state index in [9.17, 15) is 0 Å². The van der Waals surface area contributed by atoms with Gasteiger partial charge in [0.25, 0.3) is 0 Å². The van der Waals surface area contributed by atoms with Gasteiger partial charge in [0, 0.05) is 18.2 Å². The van der Waals surface area contributed by atoms with Crippen LogP contribution in [0.5, 0.6) is 0 Å². The number of fused-ring (bicyclic) bond motifs is 3. The first-order valence-electron chi connectivity index (χ1n) is 4.49. The molecule has 1 aliphatic heterocycles. The molecule has 0 spiro atoms. The zero-order valence-corrected chi connectivity index (χ0v) is 6.88. The van der Waals surface area contributed by atoms with Crippen LogP contribution < -0.4 is 5.32 Å². The summed E-state index contributed by atoms with van der Waals surface area (Å²) in [5.74, 6) is 0.682. The van der Waals surface area contributed by atoms with Crippen molar-refractivity contribution in [2.24, 2.45) is 0 Å². The molecule has 1 unspecified atom stereocenters. The van der Waals surface area contributed by atoms with Crippen molar-refractivity contribution in [3.63, 3.8) is 0 Å². The fourth-order valence-electron chi connectivity index (χ4n) is 2.24. The second-order valence-corrected chi connectivity index (χ2v) is 3.50. The Morgan fingerprint density at radius 3 is 3.17 bits per heavy atom. The number of benzene rings is 1. The Balaban J connectivity index is 2.18. The average Bonchev–Trinajstić information content (AvgIpc) is 2.62. The van der Waals surface area contributed by atoms with Crippen LogP contribution in [-0.4, -0.2) is 6.54 Å². The molecule has 0 radical (unpaired) electrons. The van der Waals surface area contributed by atoms with Gasteiger partial charge < -0.3 is 5.32 Å². The summed E-state index contributed by atoms with van der Waals surface area (Å²) >= 11 is 0. The van der Waals surface area contributed by atoms with Crippen molar-refractivity contribution in [3.8, 4) is 0 Å².